The van der Waals surface area contributed by atoms with E-state index in [0.29, 0.717) is 19.4 Å². The number of benzene rings is 1. The molecule has 1 saturated heterocycles. The summed E-state index contributed by atoms with van der Waals surface area (Å²) in [6.07, 6.45) is 5.15. The SMILES string of the molecule is CCc1ccc(C(C)NC(=O)CCCN2C(=O)NC3(CCCC3)C2=O)cc1. The van der Waals surface area contributed by atoms with Crippen LogP contribution in [0.1, 0.15) is 69.5 Å². The van der Waals surface area contributed by atoms with Gasteiger partial charge in [0.05, 0.1) is 6.04 Å². The van der Waals surface area contributed by atoms with Crippen molar-refractivity contribution in [3.05, 3.63) is 35.4 Å². The lowest BCUT2D eigenvalue weighted by molar-refractivity contribution is -0.131. The fourth-order valence-electron chi connectivity index (χ4n) is 4.03. The second-order valence-electron chi connectivity index (χ2n) is 7.66. The van der Waals surface area contributed by atoms with Crippen molar-refractivity contribution in [3.8, 4) is 0 Å². The first-order valence-corrected chi connectivity index (χ1v) is 9.97. The van der Waals surface area contributed by atoms with Crippen LogP contribution in [0.2, 0.25) is 0 Å². The standard InChI is InChI=1S/C21H29N3O3/c1-3-16-8-10-17(11-9-16)15(2)22-18(25)7-6-14-24-19(26)21(23-20(24)27)12-4-5-13-21/h8-11,15H,3-7,12-14H2,1-2H3,(H,22,25)(H,23,27). The Morgan fingerprint density at radius 1 is 1.22 bits per heavy atom. The van der Waals surface area contributed by atoms with Crippen LogP contribution in [0, 0.1) is 0 Å². The molecule has 2 N–H and O–H groups in total. The minimum Gasteiger partial charge on any atom is -0.350 e. The Morgan fingerprint density at radius 2 is 1.89 bits per heavy atom. The van der Waals surface area contributed by atoms with Gasteiger partial charge < -0.3 is 10.6 Å². The molecule has 3 rings (SSSR count). The zero-order valence-electron chi connectivity index (χ0n) is 16.2. The maximum atomic E-state index is 12.6. The molecule has 1 atom stereocenters. The van der Waals surface area contributed by atoms with Crippen LogP contribution in [-0.4, -0.2) is 34.8 Å². The quantitative estimate of drug-likeness (QED) is 0.723. The second kappa shape index (κ2) is 8.11. The minimum atomic E-state index is -0.668. The summed E-state index contributed by atoms with van der Waals surface area (Å²) in [6.45, 7) is 4.36. The summed E-state index contributed by atoms with van der Waals surface area (Å²) in [5.41, 5.74) is 1.67. The third-order valence-corrected chi connectivity index (χ3v) is 5.75. The van der Waals surface area contributed by atoms with Crippen LogP contribution < -0.4 is 10.6 Å². The van der Waals surface area contributed by atoms with Gasteiger partial charge in [-0.3, -0.25) is 14.5 Å². The highest BCUT2D eigenvalue weighted by Gasteiger charge is 2.51. The Balaban J connectivity index is 1.45. The molecule has 1 aromatic rings. The molecule has 27 heavy (non-hydrogen) atoms. The van der Waals surface area contributed by atoms with Crippen LogP contribution >= 0.6 is 0 Å². The summed E-state index contributed by atoms with van der Waals surface area (Å²) in [7, 11) is 0. The van der Waals surface area contributed by atoms with Gasteiger partial charge in [0.2, 0.25) is 5.91 Å². The molecular weight excluding hydrogens is 342 g/mol. The molecule has 6 heteroatoms. The summed E-state index contributed by atoms with van der Waals surface area (Å²) in [4.78, 5) is 38.2. The van der Waals surface area contributed by atoms with E-state index in [1.54, 1.807) is 0 Å². The van der Waals surface area contributed by atoms with Crippen molar-refractivity contribution >= 4 is 17.8 Å². The van der Waals surface area contributed by atoms with E-state index in [0.717, 1.165) is 37.7 Å². The number of urea groups is 1. The molecule has 0 bridgehead atoms. The number of carbonyl (C=O) groups is 3. The molecule has 146 valence electrons. The first-order valence-electron chi connectivity index (χ1n) is 9.97. The van der Waals surface area contributed by atoms with Crippen LogP contribution in [0.5, 0.6) is 0 Å². The largest absolute Gasteiger partial charge is 0.350 e. The molecule has 4 amide bonds. The van der Waals surface area contributed by atoms with E-state index in [1.165, 1.54) is 10.5 Å². The number of imide groups is 1. The van der Waals surface area contributed by atoms with Crippen molar-refractivity contribution in [2.24, 2.45) is 0 Å². The van der Waals surface area contributed by atoms with Gasteiger partial charge in [0.1, 0.15) is 5.54 Å². The highest BCUT2D eigenvalue weighted by atomic mass is 16.2. The van der Waals surface area contributed by atoms with Gasteiger partial charge in [0, 0.05) is 13.0 Å². The molecule has 1 spiro atoms. The summed E-state index contributed by atoms with van der Waals surface area (Å²) in [5, 5.41) is 5.85. The fraction of sp³-hybridized carbons (Fsp3) is 0.571. The smallest absolute Gasteiger partial charge is 0.325 e. The summed E-state index contributed by atoms with van der Waals surface area (Å²) in [5.74, 6) is -0.181. The number of hydrogen-bond donors (Lipinski definition) is 2. The van der Waals surface area contributed by atoms with Crippen molar-refractivity contribution in [1.82, 2.24) is 15.5 Å². The third kappa shape index (κ3) is 4.15. The number of carbonyl (C=O) groups excluding carboxylic acids is 3. The van der Waals surface area contributed by atoms with Gasteiger partial charge in [-0.05, 0) is 43.7 Å². The van der Waals surface area contributed by atoms with E-state index in [2.05, 4.69) is 29.7 Å². The van der Waals surface area contributed by atoms with Crippen LogP contribution in [0.4, 0.5) is 4.79 Å². The zero-order valence-corrected chi connectivity index (χ0v) is 16.2. The molecule has 1 heterocycles. The van der Waals surface area contributed by atoms with Crippen LogP contribution in [-0.2, 0) is 16.0 Å². The third-order valence-electron chi connectivity index (χ3n) is 5.75. The molecule has 0 radical (unpaired) electrons. The van der Waals surface area contributed by atoms with Crippen molar-refractivity contribution in [2.75, 3.05) is 6.54 Å². The molecule has 1 aromatic carbocycles. The van der Waals surface area contributed by atoms with Gasteiger partial charge in [-0.1, -0.05) is 44.0 Å². The molecule has 2 fully saturated rings. The van der Waals surface area contributed by atoms with Crippen molar-refractivity contribution in [2.45, 2.75) is 70.4 Å². The highest BCUT2D eigenvalue weighted by Crippen LogP contribution is 2.35. The van der Waals surface area contributed by atoms with Crippen molar-refractivity contribution in [3.63, 3.8) is 0 Å². The number of aryl methyl sites for hydroxylation is 1. The predicted molar refractivity (Wildman–Crippen MR) is 103 cm³/mol. The lowest BCUT2D eigenvalue weighted by Crippen LogP contribution is -2.44. The van der Waals surface area contributed by atoms with E-state index in [9.17, 15) is 14.4 Å². The normalized spacial score (nSPS) is 19.4. The van der Waals surface area contributed by atoms with E-state index >= 15 is 0 Å². The Labute approximate surface area is 160 Å². The first kappa shape index (κ1) is 19.4. The van der Waals surface area contributed by atoms with Crippen LogP contribution in [0.3, 0.4) is 0 Å². The van der Waals surface area contributed by atoms with Crippen molar-refractivity contribution in [1.29, 1.82) is 0 Å². The number of nitrogens with zero attached hydrogens (tertiary/aromatic N) is 1. The summed E-state index contributed by atoms with van der Waals surface area (Å²) >= 11 is 0. The van der Waals surface area contributed by atoms with Gasteiger partial charge in [0.25, 0.3) is 5.91 Å². The zero-order chi connectivity index (χ0) is 19.4. The van der Waals surface area contributed by atoms with Crippen molar-refractivity contribution < 1.29 is 14.4 Å². The molecular formula is C21H29N3O3. The van der Waals surface area contributed by atoms with Gasteiger partial charge in [-0.25, -0.2) is 4.79 Å². The predicted octanol–water partition coefficient (Wildman–Crippen LogP) is 3.07. The molecule has 1 unspecified atom stereocenters. The number of hydrogen-bond acceptors (Lipinski definition) is 3. The van der Waals surface area contributed by atoms with E-state index in [-0.39, 0.29) is 23.9 Å². The van der Waals surface area contributed by atoms with E-state index in [1.807, 2.05) is 19.1 Å². The molecule has 1 saturated carbocycles. The minimum absolute atomic E-state index is 0.0651. The fourth-order valence-corrected chi connectivity index (χ4v) is 4.03. The lowest BCUT2D eigenvalue weighted by Gasteiger charge is -2.20. The number of amides is 4. The Bertz CT molecular complexity index is 708. The Kier molecular flexibility index (Phi) is 5.82. The van der Waals surface area contributed by atoms with E-state index < -0.39 is 5.54 Å². The number of rotatable bonds is 7. The monoisotopic (exact) mass is 371 g/mol. The van der Waals surface area contributed by atoms with E-state index in [4.69, 9.17) is 0 Å². The van der Waals surface area contributed by atoms with Gasteiger partial charge in [0.15, 0.2) is 0 Å². The van der Waals surface area contributed by atoms with Crippen LogP contribution in [0.15, 0.2) is 24.3 Å². The highest BCUT2D eigenvalue weighted by molar-refractivity contribution is 6.07. The maximum absolute atomic E-state index is 12.6. The first-order chi connectivity index (χ1) is 12.9. The Morgan fingerprint density at radius 3 is 2.52 bits per heavy atom. The van der Waals surface area contributed by atoms with Gasteiger partial charge >= 0.3 is 6.03 Å². The Hall–Kier alpha value is -2.37. The summed E-state index contributed by atoms with van der Waals surface area (Å²) < 4.78 is 0. The molecule has 2 aliphatic rings. The maximum Gasteiger partial charge on any atom is 0.325 e. The average Bonchev–Trinajstić information content (AvgIpc) is 3.22. The van der Waals surface area contributed by atoms with Gasteiger partial charge in [-0.2, -0.15) is 0 Å². The summed E-state index contributed by atoms with van der Waals surface area (Å²) in [6, 6.07) is 7.85. The molecule has 6 nitrogen and oxygen atoms in total. The molecule has 1 aliphatic carbocycles. The second-order valence-corrected chi connectivity index (χ2v) is 7.66. The number of nitrogens with one attached hydrogen (secondary N) is 2. The molecule has 1 aliphatic heterocycles. The lowest BCUT2D eigenvalue weighted by atomic mass is 9.98. The average molecular weight is 371 g/mol. The molecule has 0 aromatic heterocycles. The van der Waals surface area contributed by atoms with Gasteiger partial charge in [-0.15, -0.1) is 0 Å². The van der Waals surface area contributed by atoms with Crippen LogP contribution in [0.25, 0.3) is 0 Å². The topological polar surface area (TPSA) is 78.5 Å².